The van der Waals surface area contributed by atoms with Crippen LogP contribution in [-0.4, -0.2) is 18.2 Å². The fourth-order valence-electron chi connectivity index (χ4n) is 3.09. The molecule has 0 unspecified atom stereocenters. The van der Waals surface area contributed by atoms with Crippen LogP contribution in [0.5, 0.6) is 5.75 Å². The smallest absolute Gasteiger partial charge is 0.262 e. The average molecular weight is 369 g/mol. The van der Waals surface area contributed by atoms with E-state index in [4.69, 9.17) is 4.74 Å². The number of hydrogen-bond acceptors (Lipinski definition) is 3. The number of rotatable bonds is 5. The molecule has 1 aliphatic rings. The van der Waals surface area contributed by atoms with Gasteiger partial charge in [-0.25, -0.2) is 0 Å². The molecule has 1 amide bonds. The van der Waals surface area contributed by atoms with Gasteiger partial charge in [-0.3, -0.25) is 9.59 Å². The Kier molecular flexibility index (Phi) is 5.02. The molecule has 0 N–H and O–H groups in total. The monoisotopic (exact) mass is 369 g/mol. The SMILES string of the molecule is O=C1CN(c2ccccc2)C(=O)/C1=C/c1ccc(OCc2ccccc2)cc1. The van der Waals surface area contributed by atoms with Crippen molar-refractivity contribution in [2.45, 2.75) is 6.61 Å². The van der Waals surface area contributed by atoms with E-state index < -0.39 is 0 Å². The lowest BCUT2D eigenvalue weighted by Crippen LogP contribution is -2.24. The molecule has 0 spiro atoms. The lowest BCUT2D eigenvalue weighted by molar-refractivity contribution is -0.116. The lowest BCUT2D eigenvalue weighted by Gasteiger charge is -2.13. The molecule has 0 radical (unpaired) electrons. The first-order valence-corrected chi connectivity index (χ1v) is 9.09. The van der Waals surface area contributed by atoms with Crippen molar-refractivity contribution in [3.05, 3.63) is 102 Å². The highest BCUT2D eigenvalue weighted by atomic mass is 16.5. The summed E-state index contributed by atoms with van der Waals surface area (Å²) in [5.41, 5.74) is 2.83. The zero-order chi connectivity index (χ0) is 19.3. The Balaban J connectivity index is 1.46. The van der Waals surface area contributed by atoms with Gasteiger partial charge in [0.25, 0.3) is 5.91 Å². The number of carbonyl (C=O) groups is 2. The van der Waals surface area contributed by atoms with E-state index >= 15 is 0 Å². The Labute approximate surface area is 163 Å². The topological polar surface area (TPSA) is 46.6 Å². The van der Waals surface area contributed by atoms with E-state index in [0.29, 0.717) is 6.61 Å². The Morgan fingerprint density at radius 1 is 0.821 bits per heavy atom. The molecule has 3 aromatic rings. The van der Waals surface area contributed by atoms with E-state index in [0.717, 1.165) is 22.6 Å². The molecule has 3 aromatic carbocycles. The Hall–Kier alpha value is -3.66. The van der Waals surface area contributed by atoms with Crippen LogP contribution in [0.3, 0.4) is 0 Å². The summed E-state index contributed by atoms with van der Waals surface area (Å²) in [5, 5.41) is 0. The second-order valence-electron chi connectivity index (χ2n) is 6.55. The minimum absolute atomic E-state index is 0.0763. The first kappa shape index (κ1) is 17.7. The van der Waals surface area contributed by atoms with Gasteiger partial charge in [0.1, 0.15) is 12.4 Å². The Morgan fingerprint density at radius 3 is 2.14 bits per heavy atom. The van der Waals surface area contributed by atoms with Crippen molar-refractivity contribution >= 4 is 23.5 Å². The van der Waals surface area contributed by atoms with Gasteiger partial charge < -0.3 is 9.64 Å². The summed E-state index contributed by atoms with van der Waals surface area (Å²) < 4.78 is 5.77. The van der Waals surface area contributed by atoms with Crippen molar-refractivity contribution in [3.63, 3.8) is 0 Å². The van der Waals surface area contributed by atoms with Crippen LogP contribution in [0.1, 0.15) is 11.1 Å². The third-order valence-corrected chi connectivity index (χ3v) is 4.58. The molecule has 28 heavy (non-hydrogen) atoms. The lowest BCUT2D eigenvalue weighted by atomic mass is 10.1. The number of para-hydroxylation sites is 1. The van der Waals surface area contributed by atoms with Crippen LogP contribution in [0, 0.1) is 0 Å². The molecule has 4 rings (SSSR count). The molecule has 0 aliphatic carbocycles. The fraction of sp³-hybridized carbons (Fsp3) is 0.0833. The molecular weight excluding hydrogens is 350 g/mol. The first-order chi connectivity index (χ1) is 13.7. The van der Waals surface area contributed by atoms with E-state index in [2.05, 4.69) is 0 Å². The van der Waals surface area contributed by atoms with Crippen LogP contribution in [0.25, 0.3) is 6.08 Å². The maximum atomic E-state index is 12.7. The highest BCUT2D eigenvalue weighted by Crippen LogP contribution is 2.24. The van der Waals surface area contributed by atoms with E-state index in [1.165, 1.54) is 4.90 Å². The van der Waals surface area contributed by atoms with Crippen molar-refractivity contribution in [1.82, 2.24) is 0 Å². The van der Waals surface area contributed by atoms with Crippen LogP contribution >= 0.6 is 0 Å². The Morgan fingerprint density at radius 2 is 1.46 bits per heavy atom. The minimum Gasteiger partial charge on any atom is -0.489 e. The zero-order valence-corrected chi connectivity index (χ0v) is 15.2. The van der Waals surface area contributed by atoms with E-state index in [1.807, 2.05) is 84.9 Å². The van der Waals surface area contributed by atoms with E-state index in [9.17, 15) is 9.59 Å². The van der Waals surface area contributed by atoms with Crippen LogP contribution in [0.4, 0.5) is 5.69 Å². The normalized spacial score (nSPS) is 15.3. The molecule has 4 nitrogen and oxygen atoms in total. The van der Waals surface area contributed by atoms with Gasteiger partial charge in [-0.2, -0.15) is 0 Å². The summed E-state index contributed by atoms with van der Waals surface area (Å²) in [6, 6.07) is 26.5. The van der Waals surface area contributed by atoms with Crippen LogP contribution in [0.2, 0.25) is 0 Å². The summed E-state index contributed by atoms with van der Waals surface area (Å²) in [7, 11) is 0. The highest BCUT2D eigenvalue weighted by molar-refractivity contribution is 6.34. The summed E-state index contributed by atoms with van der Waals surface area (Å²) in [4.78, 5) is 26.5. The predicted molar refractivity (Wildman–Crippen MR) is 109 cm³/mol. The summed E-state index contributed by atoms with van der Waals surface area (Å²) in [5.74, 6) is 0.305. The molecule has 0 aromatic heterocycles. The number of benzene rings is 3. The molecular formula is C24H19NO3. The standard InChI is InChI=1S/C24H19NO3/c26-23-16-25(20-9-5-2-6-10-20)24(27)22(23)15-18-11-13-21(14-12-18)28-17-19-7-3-1-4-8-19/h1-15H,16-17H2/b22-15+. The maximum Gasteiger partial charge on any atom is 0.262 e. The van der Waals surface area contributed by atoms with Crippen molar-refractivity contribution in [2.24, 2.45) is 0 Å². The van der Waals surface area contributed by atoms with Crippen molar-refractivity contribution < 1.29 is 14.3 Å². The third-order valence-electron chi connectivity index (χ3n) is 4.58. The maximum absolute atomic E-state index is 12.7. The predicted octanol–water partition coefficient (Wildman–Crippen LogP) is 4.26. The molecule has 1 saturated heterocycles. The second-order valence-corrected chi connectivity index (χ2v) is 6.55. The largest absolute Gasteiger partial charge is 0.489 e. The van der Waals surface area contributed by atoms with Gasteiger partial charge in [-0.15, -0.1) is 0 Å². The highest BCUT2D eigenvalue weighted by Gasteiger charge is 2.34. The number of ketones is 1. The number of anilines is 1. The zero-order valence-electron chi connectivity index (χ0n) is 15.2. The summed E-state index contributed by atoms with van der Waals surface area (Å²) in [6.45, 7) is 0.567. The van der Waals surface area contributed by atoms with Gasteiger partial charge in [-0.1, -0.05) is 60.7 Å². The van der Waals surface area contributed by atoms with Gasteiger partial charge in [-0.05, 0) is 41.5 Å². The molecule has 0 bridgehead atoms. The van der Waals surface area contributed by atoms with Crippen LogP contribution < -0.4 is 9.64 Å². The Bertz CT molecular complexity index is 1010. The van der Waals surface area contributed by atoms with Gasteiger partial charge in [0.15, 0.2) is 5.78 Å². The number of amides is 1. The molecule has 1 aliphatic heterocycles. The first-order valence-electron chi connectivity index (χ1n) is 9.09. The number of Topliss-reactive ketones (excluding diaryl/α,β-unsaturated/α-hetero) is 1. The van der Waals surface area contributed by atoms with E-state index in [1.54, 1.807) is 6.08 Å². The summed E-state index contributed by atoms with van der Waals surface area (Å²) >= 11 is 0. The number of hydrogen-bond donors (Lipinski definition) is 0. The molecule has 1 fully saturated rings. The number of carbonyl (C=O) groups excluding carboxylic acids is 2. The van der Waals surface area contributed by atoms with Crippen LogP contribution in [-0.2, 0) is 16.2 Å². The molecule has 138 valence electrons. The third kappa shape index (κ3) is 3.86. The fourth-order valence-corrected chi connectivity index (χ4v) is 3.09. The van der Waals surface area contributed by atoms with Crippen LogP contribution in [0.15, 0.2) is 90.5 Å². The second kappa shape index (κ2) is 7.92. The quantitative estimate of drug-likeness (QED) is 0.499. The average Bonchev–Trinajstić information content (AvgIpc) is 3.03. The van der Waals surface area contributed by atoms with Gasteiger partial charge in [0.05, 0.1) is 12.1 Å². The van der Waals surface area contributed by atoms with Crippen molar-refractivity contribution in [1.29, 1.82) is 0 Å². The van der Waals surface area contributed by atoms with Gasteiger partial charge in [0.2, 0.25) is 0 Å². The molecule has 1 heterocycles. The van der Waals surface area contributed by atoms with Crippen molar-refractivity contribution in [2.75, 3.05) is 11.4 Å². The number of ether oxygens (including phenoxy) is 1. The van der Waals surface area contributed by atoms with Gasteiger partial charge >= 0.3 is 0 Å². The summed E-state index contributed by atoms with van der Waals surface area (Å²) in [6.07, 6.45) is 1.65. The minimum atomic E-state index is -0.263. The van der Waals surface area contributed by atoms with Gasteiger partial charge in [0, 0.05) is 5.69 Å². The molecule has 0 saturated carbocycles. The van der Waals surface area contributed by atoms with E-state index in [-0.39, 0.29) is 23.8 Å². The van der Waals surface area contributed by atoms with Crippen molar-refractivity contribution in [3.8, 4) is 5.75 Å². The number of nitrogens with zero attached hydrogens (tertiary/aromatic N) is 1. The molecule has 0 atom stereocenters. The molecule has 4 heteroatoms.